The summed E-state index contributed by atoms with van der Waals surface area (Å²) in [4.78, 5) is 12.2. The molecule has 3 rings (SSSR count). The molecule has 2 aromatic rings. The number of nitrogens with one attached hydrogen (secondary N) is 1. The average Bonchev–Trinajstić information content (AvgIpc) is 2.60. The topological polar surface area (TPSA) is 50.7 Å². The number of amides is 1. The fraction of sp³-hybridized carbons (Fsp3) is 0.263. The van der Waals surface area contributed by atoms with E-state index in [1.807, 2.05) is 19.1 Å². The number of benzene rings is 2. The van der Waals surface area contributed by atoms with Gasteiger partial charge in [-0.3, -0.25) is 4.79 Å². The highest BCUT2D eigenvalue weighted by Gasteiger charge is 2.15. The summed E-state index contributed by atoms with van der Waals surface area (Å²) in [5, 5.41) is 4.35. The molecule has 0 atom stereocenters. The van der Waals surface area contributed by atoms with Crippen molar-refractivity contribution in [2.75, 3.05) is 6.61 Å². The number of carbonyl (C=O) groups excluding carboxylic acids is 1. The minimum absolute atomic E-state index is 0.205. The van der Waals surface area contributed by atoms with Gasteiger partial charge in [-0.25, -0.2) is 5.43 Å². The summed E-state index contributed by atoms with van der Waals surface area (Å²) in [5.41, 5.74) is 6.63. The molecule has 4 heteroatoms. The summed E-state index contributed by atoms with van der Waals surface area (Å²) in [6, 6.07) is 15.3. The largest absolute Gasteiger partial charge is 0.494 e. The number of rotatable bonds is 4. The molecular formula is C19H20N2O2. The molecule has 1 N–H and O–H groups in total. The number of hydrogen-bond donors (Lipinski definition) is 1. The fourth-order valence-electron chi connectivity index (χ4n) is 2.77. The second-order valence-corrected chi connectivity index (χ2v) is 5.47. The summed E-state index contributed by atoms with van der Waals surface area (Å²) in [7, 11) is 0. The van der Waals surface area contributed by atoms with Crippen LogP contribution in [0.4, 0.5) is 0 Å². The summed E-state index contributed by atoms with van der Waals surface area (Å²) in [5.74, 6) is 0.556. The van der Waals surface area contributed by atoms with Crippen molar-refractivity contribution in [1.29, 1.82) is 0 Å². The van der Waals surface area contributed by atoms with Gasteiger partial charge in [0.1, 0.15) is 5.75 Å². The van der Waals surface area contributed by atoms with Gasteiger partial charge in [-0.05, 0) is 56.0 Å². The smallest absolute Gasteiger partial charge is 0.271 e. The van der Waals surface area contributed by atoms with Crippen LogP contribution in [0.3, 0.4) is 0 Å². The first-order valence-corrected chi connectivity index (χ1v) is 7.96. The molecule has 0 heterocycles. The third-order valence-electron chi connectivity index (χ3n) is 3.91. The Morgan fingerprint density at radius 2 is 1.91 bits per heavy atom. The second kappa shape index (κ2) is 7.09. The van der Waals surface area contributed by atoms with Crippen molar-refractivity contribution in [3.05, 3.63) is 65.2 Å². The van der Waals surface area contributed by atoms with Crippen molar-refractivity contribution >= 4 is 11.6 Å². The molecule has 2 aromatic carbocycles. The molecule has 0 saturated heterocycles. The lowest BCUT2D eigenvalue weighted by Crippen LogP contribution is -2.22. The Hall–Kier alpha value is -2.62. The summed E-state index contributed by atoms with van der Waals surface area (Å²) >= 11 is 0. The summed E-state index contributed by atoms with van der Waals surface area (Å²) in [6.45, 7) is 2.54. The number of fused-ring (bicyclic) bond motifs is 1. The van der Waals surface area contributed by atoms with E-state index in [2.05, 4.69) is 22.7 Å². The standard InChI is InChI=1S/C19H20N2O2/c1-2-23-16-12-10-15(11-13-16)19(22)21-20-18-9-5-7-14-6-3-4-8-17(14)18/h3-4,6,8,10-13H,2,5,7,9H2,1H3,(H,21,22)/b20-18+. The Morgan fingerprint density at radius 3 is 2.70 bits per heavy atom. The lowest BCUT2D eigenvalue weighted by Gasteiger charge is -2.17. The first-order chi connectivity index (χ1) is 11.3. The van der Waals surface area contributed by atoms with Gasteiger partial charge in [0.05, 0.1) is 12.3 Å². The molecular weight excluding hydrogens is 288 g/mol. The highest BCUT2D eigenvalue weighted by Crippen LogP contribution is 2.21. The molecule has 0 bridgehead atoms. The maximum Gasteiger partial charge on any atom is 0.271 e. The van der Waals surface area contributed by atoms with Gasteiger partial charge in [0.2, 0.25) is 0 Å². The lowest BCUT2D eigenvalue weighted by molar-refractivity contribution is 0.0954. The maximum atomic E-state index is 12.2. The SMILES string of the molecule is CCOc1ccc(C(=O)N/N=C2\CCCc3ccccc32)cc1. The Balaban J connectivity index is 1.71. The zero-order chi connectivity index (χ0) is 16.1. The number of carbonyl (C=O) groups is 1. The number of hydrogen-bond acceptors (Lipinski definition) is 3. The van der Waals surface area contributed by atoms with E-state index in [-0.39, 0.29) is 5.91 Å². The van der Waals surface area contributed by atoms with E-state index in [1.54, 1.807) is 24.3 Å². The van der Waals surface area contributed by atoms with Crippen LogP contribution in [0.25, 0.3) is 0 Å². The van der Waals surface area contributed by atoms with Crippen LogP contribution in [0.5, 0.6) is 5.75 Å². The maximum absolute atomic E-state index is 12.2. The van der Waals surface area contributed by atoms with Gasteiger partial charge >= 0.3 is 0 Å². The average molecular weight is 308 g/mol. The van der Waals surface area contributed by atoms with E-state index >= 15 is 0 Å². The Labute approximate surface area is 136 Å². The second-order valence-electron chi connectivity index (χ2n) is 5.47. The van der Waals surface area contributed by atoms with Crippen LogP contribution in [-0.2, 0) is 6.42 Å². The summed E-state index contributed by atoms with van der Waals surface area (Å²) in [6.07, 6.45) is 3.03. The molecule has 0 unspecified atom stereocenters. The number of nitrogens with zero attached hydrogens (tertiary/aromatic N) is 1. The minimum Gasteiger partial charge on any atom is -0.494 e. The molecule has 0 saturated carbocycles. The monoisotopic (exact) mass is 308 g/mol. The van der Waals surface area contributed by atoms with Crippen molar-refractivity contribution in [1.82, 2.24) is 5.43 Å². The molecule has 1 aliphatic carbocycles. The molecule has 0 aliphatic heterocycles. The predicted molar refractivity (Wildman–Crippen MR) is 91.0 cm³/mol. The molecule has 1 amide bonds. The molecule has 23 heavy (non-hydrogen) atoms. The van der Waals surface area contributed by atoms with Crippen molar-refractivity contribution in [3.8, 4) is 5.75 Å². The fourth-order valence-corrected chi connectivity index (χ4v) is 2.77. The van der Waals surface area contributed by atoms with Crippen LogP contribution >= 0.6 is 0 Å². The third-order valence-corrected chi connectivity index (χ3v) is 3.91. The Bertz CT molecular complexity index is 720. The van der Waals surface area contributed by atoms with Crippen LogP contribution in [0.1, 0.15) is 41.3 Å². The molecule has 0 fully saturated rings. The van der Waals surface area contributed by atoms with E-state index in [4.69, 9.17) is 4.74 Å². The van der Waals surface area contributed by atoms with Crippen molar-refractivity contribution < 1.29 is 9.53 Å². The van der Waals surface area contributed by atoms with E-state index in [0.717, 1.165) is 36.3 Å². The lowest BCUT2D eigenvalue weighted by atomic mass is 9.90. The Morgan fingerprint density at radius 1 is 1.13 bits per heavy atom. The van der Waals surface area contributed by atoms with Crippen LogP contribution in [-0.4, -0.2) is 18.2 Å². The van der Waals surface area contributed by atoms with Crippen LogP contribution < -0.4 is 10.2 Å². The van der Waals surface area contributed by atoms with Crippen LogP contribution in [0, 0.1) is 0 Å². The molecule has 4 nitrogen and oxygen atoms in total. The highest BCUT2D eigenvalue weighted by molar-refractivity contribution is 6.04. The normalized spacial score (nSPS) is 15.1. The van der Waals surface area contributed by atoms with Gasteiger partial charge in [-0.2, -0.15) is 5.10 Å². The zero-order valence-electron chi connectivity index (χ0n) is 13.2. The molecule has 1 aliphatic rings. The third kappa shape index (κ3) is 3.59. The Kier molecular flexibility index (Phi) is 4.71. The highest BCUT2D eigenvalue weighted by atomic mass is 16.5. The van der Waals surface area contributed by atoms with Gasteiger partial charge in [0.25, 0.3) is 5.91 Å². The van der Waals surface area contributed by atoms with Gasteiger partial charge in [-0.1, -0.05) is 24.3 Å². The number of aryl methyl sites for hydroxylation is 1. The van der Waals surface area contributed by atoms with E-state index in [9.17, 15) is 4.79 Å². The van der Waals surface area contributed by atoms with Crippen LogP contribution in [0.2, 0.25) is 0 Å². The van der Waals surface area contributed by atoms with Crippen molar-refractivity contribution in [2.45, 2.75) is 26.2 Å². The first kappa shape index (κ1) is 15.3. The quantitative estimate of drug-likeness (QED) is 0.878. The molecule has 0 radical (unpaired) electrons. The molecule has 0 spiro atoms. The minimum atomic E-state index is -0.205. The first-order valence-electron chi connectivity index (χ1n) is 7.96. The summed E-state index contributed by atoms with van der Waals surface area (Å²) < 4.78 is 5.38. The van der Waals surface area contributed by atoms with Crippen molar-refractivity contribution in [3.63, 3.8) is 0 Å². The zero-order valence-corrected chi connectivity index (χ0v) is 13.2. The van der Waals surface area contributed by atoms with E-state index in [0.29, 0.717) is 12.2 Å². The van der Waals surface area contributed by atoms with E-state index < -0.39 is 0 Å². The number of ether oxygens (including phenoxy) is 1. The predicted octanol–water partition coefficient (Wildman–Crippen LogP) is 3.56. The van der Waals surface area contributed by atoms with E-state index in [1.165, 1.54) is 5.56 Å². The van der Waals surface area contributed by atoms with Crippen LogP contribution in [0.15, 0.2) is 53.6 Å². The van der Waals surface area contributed by atoms with Gasteiger partial charge < -0.3 is 4.74 Å². The molecule has 118 valence electrons. The molecule has 0 aromatic heterocycles. The van der Waals surface area contributed by atoms with Gasteiger partial charge in [-0.15, -0.1) is 0 Å². The van der Waals surface area contributed by atoms with Gasteiger partial charge in [0.15, 0.2) is 0 Å². The van der Waals surface area contributed by atoms with Crippen molar-refractivity contribution in [2.24, 2.45) is 5.10 Å². The number of hydrazone groups is 1. The van der Waals surface area contributed by atoms with Gasteiger partial charge in [0, 0.05) is 11.1 Å².